The first-order valence-electron chi connectivity index (χ1n) is 5.73. The quantitative estimate of drug-likeness (QED) is 0.611. The number of nitrogens with one attached hydrogen (secondary N) is 2. The number of anilines is 1. The summed E-state index contributed by atoms with van der Waals surface area (Å²) in [6, 6.07) is 3.76. The smallest absolute Gasteiger partial charge is 0.293 e. The summed E-state index contributed by atoms with van der Waals surface area (Å²) in [6.07, 6.45) is 0. The van der Waals surface area contributed by atoms with Crippen molar-refractivity contribution in [2.75, 3.05) is 18.9 Å². The molecule has 0 radical (unpaired) electrons. The largest absolute Gasteiger partial charge is 0.383 e. The number of hydrogen-bond donors (Lipinski definition) is 2. The third-order valence-electron chi connectivity index (χ3n) is 2.43. The van der Waals surface area contributed by atoms with Gasteiger partial charge in [0.25, 0.3) is 5.69 Å². The molecule has 0 heterocycles. The summed E-state index contributed by atoms with van der Waals surface area (Å²) in [5.74, 6) is 0.154. The second kappa shape index (κ2) is 5.98. The van der Waals surface area contributed by atoms with Crippen molar-refractivity contribution in [1.29, 1.82) is 0 Å². The molecule has 0 unspecified atom stereocenters. The van der Waals surface area contributed by atoms with Crippen molar-refractivity contribution in [3.05, 3.63) is 28.3 Å². The summed E-state index contributed by atoms with van der Waals surface area (Å²) >= 11 is 0. The lowest BCUT2D eigenvalue weighted by molar-refractivity contribution is -0.384. The van der Waals surface area contributed by atoms with Gasteiger partial charge in [-0.1, -0.05) is 13.8 Å². The van der Waals surface area contributed by atoms with Crippen molar-refractivity contribution in [2.45, 2.75) is 18.7 Å². The maximum atomic E-state index is 12.0. The van der Waals surface area contributed by atoms with Gasteiger partial charge in [-0.05, 0) is 18.1 Å². The lowest BCUT2D eigenvalue weighted by Crippen LogP contribution is -2.27. The van der Waals surface area contributed by atoms with E-state index in [2.05, 4.69) is 10.0 Å². The summed E-state index contributed by atoms with van der Waals surface area (Å²) < 4.78 is 26.3. The van der Waals surface area contributed by atoms with Gasteiger partial charge in [0.2, 0.25) is 10.0 Å². The fourth-order valence-electron chi connectivity index (χ4n) is 1.40. The van der Waals surface area contributed by atoms with Crippen LogP contribution in [0.5, 0.6) is 0 Å². The molecule has 0 aromatic heterocycles. The normalized spacial score (nSPS) is 11.6. The SMILES string of the molecule is CNc1ccc(S(=O)(=O)NCC(C)C)cc1[N+](=O)[O-]. The Bertz CT molecular complexity index is 569. The van der Waals surface area contributed by atoms with Gasteiger partial charge in [-0.2, -0.15) is 0 Å². The summed E-state index contributed by atoms with van der Waals surface area (Å²) in [6.45, 7) is 4.02. The molecule has 0 spiro atoms. The molecule has 1 aromatic carbocycles. The first-order chi connectivity index (χ1) is 8.77. The van der Waals surface area contributed by atoms with Crippen molar-refractivity contribution in [3.8, 4) is 0 Å². The molecule has 0 saturated heterocycles. The number of nitrogens with zero attached hydrogens (tertiary/aromatic N) is 1. The number of benzene rings is 1. The van der Waals surface area contributed by atoms with Gasteiger partial charge in [0.1, 0.15) is 5.69 Å². The van der Waals surface area contributed by atoms with Gasteiger partial charge in [-0.15, -0.1) is 0 Å². The highest BCUT2D eigenvalue weighted by molar-refractivity contribution is 7.89. The van der Waals surface area contributed by atoms with E-state index in [9.17, 15) is 18.5 Å². The van der Waals surface area contributed by atoms with Crippen LogP contribution in [-0.4, -0.2) is 26.9 Å². The number of sulfonamides is 1. The van der Waals surface area contributed by atoms with Crippen LogP contribution in [0.15, 0.2) is 23.1 Å². The highest BCUT2D eigenvalue weighted by Gasteiger charge is 2.20. The highest BCUT2D eigenvalue weighted by Crippen LogP contribution is 2.26. The van der Waals surface area contributed by atoms with Crippen LogP contribution in [0.4, 0.5) is 11.4 Å². The number of hydrogen-bond acceptors (Lipinski definition) is 5. The molecular formula is C11H17N3O4S. The predicted octanol–water partition coefficient (Wildman–Crippen LogP) is 1.57. The van der Waals surface area contributed by atoms with Gasteiger partial charge >= 0.3 is 0 Å². The highest BCUT2D eigenvalue weighted by atomic mass is 32.2. The average Bonchev–Trinajstić information content (AvgIpc) is 2.35. The zero-order valence-electron chi connectivity index (χ0n) is 11.0. The Hall–Kier alpha value is -1.67. The fraction of sp³-hybridized carbons (Fsp3) is 0.455. The zero-order chi connectivity index (χ0) is 14.6. The molecule has 0 aliphatic carbocycles. The Balaban J connectivity index is 3.14. The van der Waals surface area contributed by atoms with Crippen molar-refractivity contribution in [1.82, 2.24) is 4.72 Å². The summed E-state index contributed by atoms with van der Waals surface area (Å²) in [5.41, 5.74) is 0.00253. The topological polar surface area (TPSA) is 101 Å². The van der Waals surface area contributed by atoms with Crippen LogP contribution in [0, 0.1) is 16.0 Å². The van der Waals surface area contributed by atoms with Gasteiger partial charge in [0, 0.05) is 19.7 Å². The number of nitro benzene ring substituents is 1. The first-order valence-corrected chi connectivity index (χ1v) is 7.22. The molecule has 0 aliphatic rings. The zero-order valence-corrected chi connectivity index (χ0v) is 11.8. The minimum Gasteiger partial charge on any atom is -0.383 e. The molecule has 0 atom stereocenters. The maximum Gasteiger partial charge on any atom is 0.293 e. The molecule has 0 bridgehead atoms. The van der Waals surface area contributed by atoms with Gasteiger partial charge in [0.05, 0.1) is 9.82 Å². The summed E-state index contributed by atoms with van der Waals surface area (Å²) in [7, 11) is -2.18. The number of rotatable bonds is 6. The van der Waals surface area contributed by atoms with E-state index < -0.39 is 14.9 Å². The van der Waals surface area contributed by atoms with E-state index in [-0.39, 0.29) is 28.7 Å². The molecule has 0 fully saturated rings. The van der Waals surface area contributed by atoms with E-state index in [1.165, 1.54) is 19.2 Å². The third-order valence-corrected chi connectivity index (χ3v) is 3.85. The van der Waals surface area contributed by atoms with Crippen LogP contribution in [0.1, 0.15) is 13.8 Å². The molecular weight excluding hydrogens is 270 g/mol. The number of nitro groups is 1. The van der Waals surface area contributed by atoms with Crippen LogP contribution in [-0.2, 0) is 10.0 Å². The van der Waals surface area contributed by atoms with Crippen LogP contribution in [0.25, 0.3) is 0 Å². The van der Waals surface area contributed by atoms with Gasteiger partial charge in [-0.3, -0.25) is 10.1 Å². The minimum atomic E-state index is -3.72. The van der Waals surface area contributed by atoms with Crippen LogP contribution in [0.3, 0.4) is 0 Å². The lowest BCUT2D eigenvalue weighted by atomic mass is 10.2. The van der Waals surface area contributed by atoms with E-state index in [4.69, 9.17) is 0 Å². The Kier molecular flexibility index (Phi) is 4.84. The minimum absolute atomic E-state index is 0.112. The Morgan fingerprint density at radius 2 is 2.00 bits per heavy atom. The Morgan fingerprint density at radius 3 is 2.47 bits per heavy atom. The Morgan fingerprint density at radius 1 is 1.37 bits per heavy atom. The standard InChI is InChI=1S/C11H17N3O4S/c1-8(2)7-13-19(17,18)9-4-5-10(12-3)11(6-9)14(15)16/h4-6,8,12-13H,7H2,1-3H3. The molecule has 106 valence electrons. The van der Waals surface area contributed by atoms with Crippen molar-refractivity contribution in [3.63, 3.8) is 0 Å². The second-order valence-corrected chi connectivity index (χ2v) is 6.20. The molecule has 2 N–H and O–H groups in total. The molecule has 8 heteroatoms. The van der Waals surface area contributed by atoms with Gasteiger partial charge < -0.3 is 5.32 Å². The van der Waals surface area contributed by atoms with Crippen LogP contribution in [0.2, 0.25) is 0 Å². The molecule has 0 amide bonds. The van der Waals surface area contributed by atoms with Gasteiger partial charge in [0.15, 0.2) is 0 Å². The van der Waals surface area contributed by atoms with Crippen molar-refractivity contribution in [2.24, 2.45) is 5.92 Å². The van der Waals surface area contributed by atoms with E-state index >= 15 is 0 Å². The average molecular weight is 287 g/mol. The van der Waals surface area contributed by atoms with Crippen molar-refractivity contribution < 1.29 is 13.3 Å². The van der Waals surface area contributed by atoms with Crippen molar-refractivity contribution >= 4 is 21.4 Å². The molecule has 1 rings (SSSR count). The van der Waals surface area contributed by atoms with Gasteiger partial charge in [-0.25, -0.2) is 13.1 Å². The first kappa shape index (κ1) is 15.4. The van der Waals surface area contributed by atoms with E-state index in [0.717, 1.165) is 6.07 Å². The lowest BCUT2D eigenvalue weighted by Gasteiger charge is -2.09. The van der Waals surface area contributed by atoms with Crippen LogP contribution < -0.4 is 10.0 Å². The monoisotopic (exact) mass is 287 g/mol. The van der Waals surface area contributed by atoms with E-state index in [1.54, 1.807) is 0 Å². The molecule has 1 aromatic rings. The summed E-state index contributed by atoms with van der Waals surface area (Å²) in [4.78, 5) is 10.1. The summed E-state index contributed by atoms with van der Waals surface area (Å²) in [5, 5.41) is 13.5. The maximum absolute atomic E-state index is 12.0. The second-order valence-electron chi connectivity index (χ2n) is 4.43. The van der Waals surface area contributed by atoms with E-state index in [0.29, 0.717) is 0 Å². The molecule has 19 heavy (non-hydrogen) atoms. The molecule has 7 nitrogen and oxygen atoms in total. The van der Waals surface area contributed by atoms with Crippen LogP contribution >= 0.6 is 0 Å². The Labute approximate surface area is 112 Å². The van der Waals surface area contributed by atoms with E-state index in [1.807, 2.05) is 13.8 Å². The molecule has 0 saturated carbocycles. The molecule has 0 aliphatic heterocycles. The fourth-order valence-corrected chi connectivity index (χ4v) is 2.63. The third kappa shape index (κ3) is 3.90. The predicted molar refractivity (Wildman–Crippen MR) is 72.7 cm³/mol.